The molecular weight excluding hydrogens is 177 g/mol. The van der Waals surface area contributed by atoms with Gasteiger partial charge in [0.05, 0.1) is 5.56 Å². The van der Waals surface area contributed by atoms with E-state index >= 15 is 0 Å². The van der Waals surface area contributed by atoms with Crippen molar-refractivity contribution in [3.8, 4) is 0 Å². The van der Waals surface area contributed by atoms with Gasteiger partial charge in [0.2, 0.25) is 0 Å². The molecule has 1 rings (SSSR count). The van der Waals surface area contributed by atoms with Crippen LogP contribution in [-0.2, 0) is 6.18 Å². The van der Waals surface area contributed by atoms with Crippen molar-refractivity contribution in [1.29, 1.82) is 0 Å². The third-order valence-electron chi connectivity index (χ3n) is 1.79. The highest BCUT2D eigenvalue weighted by Crippen LogP contribution is 2.34. The zero-order valence-electron chi connectivity index (χ0n) is 7.44. The highest BCUT2D eigenvalue weighted by molar-refractivity contribution is 5.30. The van der Waals surface area contributed by atoms with Gasteiger partial charge in [0.15, 0.2) is 0 Å². The molecule has 0 aliphatic carbocycles. The second kappa shape index (κ2) is 3.40. The van der Waals surface area contributed by atoms with E-state index in [1.54, 1.807) is 19.9 Å². The Labute approximate surface area is 75.4 Å². The molecular formula is C10H10F3. The Morgan fingerprint density at radius 1 is 1.31 bits per heavy atom. The third-order valence-corrected chi connectivity index (χ3v) is 1.79. The van der Waals surface area contributed by atoms with Crippen molar-refractivity contribution in [1.82, 2.24) is 0 Å². The fourth-order valence-electron chi connectivity index (χ4n) is 1.18. The number of benzene rings is 1. The molecule has 0 atom stereocenters. The molecule has 71 valence electrons. The number of halogens is 3. The maximum atomic E-state index is 12.4. The van der Waals surface area contributed by atoms with Gasteiger partial charge < -0.3 is 0 Å². The van der Waals surface area contributed by atoms with Crippen LogP contribution in [0.1, 0.15) is 30.9 Å². The highest BCUT2D eigenvalue weighted by atomic mass is 19.4. The van der Waals surface area contributed by atoms with Gasteiger partial charge in [-0.25, -0.2) is 0 Å². The summed E-state index contributed by atoms with van der Waals surface area (Å²) in [7, 11) is 0. The van der Waals surface area contributed by atoms with Crippen LogP contribution in [-0.4, -0.2) is 0 Å². The van der Waals surface area contributed by atoms with Crippen LogP contribution in [0.2, 0.25) is 0 Å². The lowest BCUT2D eigenvalue weighted by atomic mass is 9.97. The van der Waals surface area contributed by atoms with Gasteiger partial charge in [0.1, 0.15) is 0 Å². The second-order valence-electron chi connectivity index (χ2n) is 3.15. The van der Waals surface area contributed by atoms with Gasteiger partial charge in [-0.15, -0.1) is 0 Å². The van der Waals surface area contributed by atoms with Crippen molar-refractivity contribution in [2.45, 2.75) is 25.9 Å². The molecule has 1 radical (unpaired) electrons. The first-order valence-electron chi connectivity index (χ1n) is 4.00. The molecule has 0 nitrogen and oxygen atoms in total. The molecule has 1 aromatic carbocycles. The molecule has 0 saturated heterocycles. The Kier molecular flexibility index (Phi) is 2.64. The van der Waals surface area contributed by atoms with Crippen LogP contribution in [0.3, 0.4) is 0 Å². The summed E-state index contributed by atoms with van der Waals surface area (Å²) in [6, 6.07) is 6.58. The van der Waals surface area contributed by atoms with Gasteiger partial charge in [-0.05, 0) is 17.5 Å². The molecule has 0 spiro atoms. The van der Waals surface area contributed by atoms with Crippen molar-refractivity contribution in [3.05, 3.63) is 35.4 Å². The summed E-state index contributed by atoms with van der Waals surface area (Å²) in [5.41, 5.74) is -0.347. The monoisotopic (exact) mass is 187 g/mol. The summed E-state index contributed by atoms with van der Waals surface area (Å²) in [5, 5.41) is 0. The predicted octanol–water partition coefficient (Wildman–Crippen LogP) is 3.63. The molecule has 0 aliphatic rings. The fourth-order valence-corrected chi connectivity index (χ4v) is 1.18. The minimum atomic E-state index is -4.29. The predicted molar refractivity (Wildman–Crippen MR) is 44.4 cm³/mol. The van der Waals surface area contributed by atoms with Crippen LogP contribution < -0.4 is 0 Å². The average Bonchev–Trinajstić information content (AvgIpc) is 2.03. The van der Waals surface area contributed by atoms with Crippen LogP contribution in [0.5, 0.6) is 0 Å². The maximum absolute atomic E-state index is 12.4. The lowest BCUT2D eigenvalue weighted by Gasteiger charge is -2.14. The summed E-state index contributed by atoms with van der Waals surface area (Å²) >= 11 is 0. The first-order valence-corrected chi connectivity index (χ1v) is 4.00. The Bertz CT molecular complexity index is 286. The van der Waals surface area contributed by atoms with Crippen molar-refractivity contribution in [3.63, 3.8) is 0 Å². The van der Waals surface area contributed by atoms with Gasteiger partial charge >= 0.3 is 6.18 Å². The largest absolute Gasteiger partial charge is 0.417 e. The van der Waals surface area contributed by atoms with Crippen molar-refractivity contribution in [2.24, 2.45) is 0 Å². The number of hydrogen-bond acceptors (Lipinski definition) is 0. The van der Waals surface area contributed by atoms with E-state index in [9.17, 15) is 13.2 Å². The van der Waals surface area contributed by atoms with Gasteiger partial charge in [0, 0.05) is 0 Å². The molecule has 13 heavy (non-hydrogen) atoms. The van der Waals surface area contributed by atoms with E-state index in [-0.39, 0.29) is 5.92 Å². The van der Waals surface area contributed by atoms with Crippen molar-refractivity contribution in [2.75, 3.05) is 0 Å². The van der Waals surface area contributed by atoms with Crippen molar-refractivity contribution < 1.29 is 13.2 Å². The maximum Gasteiger partial charge on any atom is 0.417 e. The summed E-state index contributed by atoms with van der Waals surface area (Å²) < 4.78 is 37.1. The summed E-state index contributed by atoms with van der Waals surface area (Å²) in [6.45, 7) is 3.47. The third kappa shape index (κ3) is 2.23. The van der Waals surface area contributed by atoms with E-state index in [2.05, 4.69) is 6.07 Å². The van der Waals surface area contributed by atoms with E-state index in [0.29, 0.717) is 5.56 Å². The number of hydrogen-bond donors (Lipinski definition) is 0. The van der Waals surface area contributed by atoms with E-state index in [0.717, 1.165) is 0 Å². The number of rotatable bonds is 1. The van der Waals surface area contributed by atoms with E-state index in [1.807, 2.05) is 0 Å². The van der Waals surface area contributed by atoms with Crippen LogP contribution in [0.4, 0.5) is 13.2 Å². The lowest BCUT2D eigenvalue weighted by molar-refractivity contribution is -0.138. The van der Waals surface area contributed by atoms with Crippen LogP contribution in [0.15, 0.2) is 18.2 Å². The van der Waals surface area contributed by atoms with E-state index in [1.165, 1.54) is 12.1 Å². The number of alkyl halides is 3. The normalized spacial score (nSPS) is 12.2. The van der Waals surface area contributed by atoms with Gasteiger partial charge in [-0.2, -0.15) is 13.2 Å². The topological polar surface area (TPSA) is 0 Å². The molecule has 0 unspecified atom stereocenters. The molecule has 0 fully saturated rings. The Morgan fingerprint density at radius 3 is 2.31 bits per heavy atom. The van der Waals surface area contributed by atoms with Gasteiger partial charge in [-0.3, -0.25) is 0 Å². The molecule has 3 heteroatoms. The van der Waals surface area contributed by atoms with Crippen LogP contribution in [0, 0.1) is 6.07 Å². The molecule has 0 bridgehead atoms. The quantitative estimate of drug-likeness (QED) is 0.629. The Balaban J connectivity index is 3.20. The van der Waals surface area contributed by atoms with Crippen molar-refractivity contribution >= 4 is 0 Å². The summed E-state index contributed by atoms with van der Waals surface area (Å²) in [6.07, 6.45) is -4.29. The van der Waals surface area contributed by atoms with E-state index in [4.69, 9.17) is 0 Å². The molecule has 0 aliphatic heterocycles. The van der Waals surface area contributed by atoms with Crippen LogP contribution in [0.25, 0.3) is 0 Å². The highest BCUT2D eigenvalue weighted by Gasteiger charge is 2.33. The molecule has 0 amide bonds. The minimum absolute atomic E-state index is 0.130. The first kappa shape index (κ1) is 10.1. The lowest BCUT2D eigenvalue weighted by Crippen LogP contribution is -2.09. The average molecular weight is 187 g/mol. The fraction of sp³-hybridized carbons (Fsp3) is 0.400. The summed E-state index contributed by atoms with van der Waals surface area (Å²) in [5.74, 6) is -0.130. The van der Waals surface area contributed by atoms with Gasteiger partial charge in [-0.1, -0.05) is 32.0 Å². The zero-order valence-corrected chi connectivity index (χ0v) is 7.44. The molecule has 0 aromatic heterocycles. The van der Waals surface area contributed by atoms with Crippen LogP contribution >= 0.6 is 0 Å². The first-order chi connectivity index (χ1) is 5.93. The Hall–Kier alpha value is -0.990. The zero-order chi connectivity index (χ0) is 10.1. The summed E-state index contributed by atoms with van der Waals surface area (Å²) in [4.78, 5) is 0. The smallest absolute Gasteiger partial charge is 0.166 e. The second-order valence-corrected chi connectivity index (χ2v) is 3.15. The standard InChI is InChI=1S/C10H10F3/c1-7(2)8-5-3-4-6-9(8)10(11,12)13/h3-5,7H,1-2H3. The molecule has 0 heterocycles. The molecule has 0 N–H and O–H groups in total. The SMILES string of the molecule is CC(C)c1ccc[c]c1C(F)(F)F. The van der Waals surface area contributed by atoms with E-state index < -0.39 is 11.7 Å². The molecule has 1 aromatic rings. The van der Waals surface area contributed by atoms with Gasteiger partial charge in [0.25, 0.3) is 0 Å². The molecule has 0 saturated carbocycles. The minimum Gasteiger partial charge on any atom is -0.166 e. The Morgan fingerprint density at radius 2 is 1.92 bits per heavy atom.